The molecule has 0 spiro atoms. The van der Waals surface area contributed by atoms with Crippen LogP contribution in [0.15, 0.2) is 0 Å². The van der Waals surface area contributed by atoms with Gasteiger partial charge in [-0.05, 0) is 98.6 Å². The Morgan fingerprint density at radius 2 is 0.876 bits per heavy atom. The first kappa shape index (κ1) is 102. The topological polar surface area (TPSA) is 479 Å². The largest absolute Gasteiger partial charge is 1.00 e. The molecule has 89 heavy (non-hydrogen) atoms. The molecule has 0 aliphatic heterocycles. The molecule has 0 saturated carbocycles. The molecule has 32 nitrogen and oxygen atoms in total. The van der Waals surface area contributed by atoms with Crippen molar-refractivity contribution in [3.63, 3.8) is 0 Å². The number of hydrogen-bond donors (Lipinski definition) is 15. The number of phosphoric ester groups is 1. The number of ether oxygens (including phenoxy) is 2. The number of carbonyl (C=O) groups is 4. The molecule has 0 rings (SSSR count). The van der Waals surface area contributed by atoms with E-state index in [-0.39, 0.29) is 111 Å². The van der Waals surface area contributed by atoms with Gasteiger partial charge in [0.05, 0.1) is 103 Å². The average Bonchev–Trinajstić information content (AvgIpc) is 3.32. The summed E-state index contributed by atoms with van der Waals surface area (Å²) in [6.07, 6.45) is 4.54. The zero-order valence-electron chi connectivity index (χ0n) is 54.8. The monoisotopic (exact) mass is 1600 g/mol. The van der Waals surface area contributed by atoms with Crippen molar-refractivity contribution in [1.29, 1.82) is 0 Å². The molecule has 540 valence electrons. The second-order valence-electron chi connectivity index (χ2n) is 24.4. The number of nitrogens with one attached hydrogen (secondary N) is 3. The second kappa shape index (κ2) is 46.8. The predicted molar refractivity (Wildman–Crippen MR) is 322 cm³/mol. The molecule has 15 N–H and O–H groups in total. The van der Waals surface area contributed by atoms with Gasteiger partial charge in [-0.15, -0.1) is 0 Å². The fourth-order valence-electron chi connectivity index (χ4n) is 6.27. The van der Waals surface area contributed by atoms with Crippen LogP contribution in [0.5, 0.6) is 0 Å². The molecule has 0 aliphatic rings. The standard InChI is InChI=1S/C16H31NO13P2.C13H31N2O4P.C12H27N2O5P.C8H20NO4P.BrH.ClH.HI/c1-5-14(19)27-10-12(30-15(20)6-2)11-29-32(25,26-4)28-8-7-17-13(18)9-16(3,21)31(22,23)24;1-13(16,20(17,18)19)9-8-11-14-10-6-5-7-12-15(2,3)4;1-12(16,20(17,18)19)8-6-9-13-11(15)7-5-10-14(2,3)4;1-8(10,14(11,12)13)6-5-7-9(2,3)4;;;/h12,21H,5-11H2,1-4H3,(H,17,18)(H2,22,23,24);14,16H,5-12H2,1-4H3,(H-,17,18,19);16H,5-10H2,1-4H3,(H2-,13,15,17,18,19);10H,5-7H2,1-4H3,(H-,11,12,13);3*1H. The normalized spacial score (nSPS) is 15.9. The average molecular weight is 1600 g/mol. The molecule has 0 aromatic carbocycles. The minimum atomic E-state index is -4.93. The number of esters is 2. The molecular formula is C49H112BrClIN6O26P5. The smallest absolute Gasteiger partial charge is 0.474 e. The summed E-state index contributed by atoms with van der Waals surface area (Å²) in [5, 5.41) is 38.1. The van der Waals surface area contributed by atoms with Crippen molar-refractivity contribution >= 4 is 62.0 Å². The van der Waals surface area contributed by atoms with Crippen LogP contribution in [0.3, 0.4) is 0 Å². The first-order chi connectivity index (χ1) is 38.5. The maximum Gasteiger partial charge on any atom is 0.474 e. The summed E-state index contributed by atoms with van der Waals surface area (Å²) in [6.45, 7) is 10.7. The zero-order valence-corrected chi connectivity index (χ0v) is 63.8. The quantitative estimate of drug-likeness (QED) is 0.00889. The number of hydrogen-bond acceptors (Lipinski definition) is 19. The number of rotatable bonds is 41. The van der Waals surface area contributed by atoms with E-state index in [1.165, 1.54) is 33.2 Å². The molecule has 0 aromatic rings. The molecule has 2 amide bonds. The third-order valence-corrected chi connectivity index (χ3v) is 19.4. The Balaban J connectivity index is -0.000000208. The molecule has 0 aliphatic carbocycles. The van der Waals surface area contributed by atoms with E-state index in [1.54, 1.807) is 13.8 Å². The van der Waals surface area contributed by atoms with E-state index >= 15 is 0 Å². The van der Waals surface area contributed by atoms with Crippen LogP contribution < -0.4 is 69.3 Å². The highest BCUT2D eigenvalue weighted by molar-refractivity contribution is 7.54. The summed E-state index contributed by atoms with van der Waals surface area (Å²) < 4.78 is 83.6. The van der Waals surface area contributed by atoms with Gasteiger partial charge in [-0.25, -0.2) is 4.57 Å². The van der Waals surface area contributed by atoms with Crippen LogP contribution in [0.2, 0.25) is 0 Å². The number of halogens is 3. The lowest BCUT2D eigenvalue weighted by molar-refractivity contribution is -0.870. The number of unbranched alkanes of at least 4 members (excludes halogenated alkanes) is 2. The Kier molecular flexibility index (Phi) is 53.8. The molecule has 40 heteroatoms. The molecule has 0 bridgehead atoms. The van der Waals surface area contributed by atoms with Crippen LogP contribution in [0.4, 0.5) is 0 Å². The van der Waals surface area contributed by atoms with Gasteiger partial charge in [0.15, 0.2) is 27.5 Å². The lowest BCUT2D eigenvalue weighted by Crippen LogP contribution is -3.00. The number of phosphoric acid groups is 1. The summed E-state index contributed by atoms with van der Waals surface area (Å²) in [5.41, 5.74) is 0. The fourth-order valence-corrected chi connectivity index (χ4v) is 8.92. The summed E-state index contributed by atoms with van der Waals surface area (Å²) in [4.78, 5) is 117. The summed E-state index contributed by atoms with van der Waals surface area (Å²) in [6, 6.07) is 0. The Labute approximate surface area is 561 Å². The van der Waals surface area contributed by atoms with E-state index in [0.29, 0.717) is 38.8 Å². The zero-order chi connectivity index (χ0) is 68.5. The molecule has 0 fully saturated rings. The number of amides is 2. The lowest BCUT2D eigenvalue weighted by atomic mass is 10.2. The van der Waals surface area contributed by atoms with Gasteiger partial charge < -0.3 is 152 Å². The van der Waals surface area contributed by atoms with Crippen molar-refractivity contribution < 1.29 is 191 Å². The number of aliphatic hydroxyl groups is 4. The van der Waals surface area contributed by atoms with Gasteiger partial charge in [-0.2, -0.15) is 0 Å². The Morgan fingerprint density at radius 1 is 0.494 bits per heavy atom. The van der Waals surface area contributed by atoms with Crippen LogP contribution in [-0.4, -0.2) is 260 Å². The maximum atomic E-state index is 12.5. The third-order valence-electron chi connectivity index (χ3n) is 12.2. The van der Waals surface area contributed by atoms with Crippen molar-refractivity contribution in [2.24, 2.45) is 0 Å². The highest BCUT2D eigenvalue weighted by Gasteiger charge is 2.43. The van der Waals surface area contributed by atoms with E-state index < -0.39 is 96.6 Å². The highest BCUT2D eigenvalue weighted by Crippen LogP contribution is 2.53. The molecule has 6 atom stereocenters. The van der Waals surface area contributed by atoms with Crippen LogP contribution in [-0.2, 0) is 65.0 Å². The number of nitrogens with zero attached hydrogens (tertiary/aromatic N) is 3. The molecule has 0 heterocycles. The van der Waals surface area contributed by atoms with Crippen LogP contribution in [0.25, 0.3) is 0 Å². The molecule has 0 radical (unpaired) electrons. The van der Waals surface area contributed by atoms with E-state index in [0.717, 1.165) is 66.9 Å². The van der Waals surface area contributed by atoms with Crippen LogP contribution >= 0.6 is 38.2 Å². The van der Waals surface area contributed by atoms with Gasteiger partial charge >= 0.3 is 50.1 Å². The van der Waals surface area contributed by atoms with Gasteiger partial charge in [0.25, 0.3) is 0 Å². The first-order valence-electron chi connectivity index (χ1n) is 28.0. The minimum absolute atomic E-state index is 0. The third kappa shape index (κ3) is 55.6. The van der Waals surface area contributed by atoms with Crippen molar-refractivity contribution in [2.45, 2.75) is 159 Å². The van der Waals surface area contributed by atoms with Gasteiger partial charge in [0.1, 0.15) is 6.61 Å². The Bertz CT molecular complexity index is 2220. The lowest BCUT2D eigenvalue weighted by Gasteiger charge is -2.28. The highest BCUT2D eigenvalue weighted by atomic mass is 127. The Hall–Kier alpha value is -0.230. The van der Waals surface area contributed by atoms with Crippen molar-refractivity contribution in [3.05, 3.63) is 0 Å². The predicted octanol–water partition coefficient (Wildman–Crippen LogP) is -6.81. The van der Waals surface area contributed by atoms with E-state index in [9.17, 15) is 62.4 Å². The van der Waals surface area contributed by atoms with E-state index in [4.69, 9.17) is 62.2 Å². The molecular weight excluding hydrogens is 1490 g/mol. The SMILES string of the molecule is CC(O)(CCCNC(=O)CCC[N+](C)(C)C)P(=O)(O)O.CC(O)(CCCNCCCCC[N+](C)(C)C)P(=O)(O)O.CC(O)(CCC[N+](C)(C)C)P(=O)(O)O.CCC(=O)OCC(COP(=O)(OC)OCCNC(=O)CC(C)(O)P(=O)(O)O)OC(=O)CC.[Br-].[Cl-].[I-]. The van der Waals surface area contributed by atoms with Gasteiger partial charge in [0, 0.05) is 45.9 Å². The number of quaternary nitrogens is 3. The fraction of sp³-hybridized carbons (Fsp3) is 0.918. The van der Waals surface area contributed by atoms with Gasteiger partial charge in [0.2, 0.25) is 11.8 Å². The molecule has 0 saturated heterocycles. The molecule has 0 aromatic heterocycles. The number of carbonyl (C=O) groups excluding carboxylic acids is 4. The van der Waals surface area contributed by atoms with Gasteiger partial charge in [-0.3, -0.25) is 51.0 Å². The van der Waals surface area contributed by atoms with Crippen molar-refractivity contribution in [1.82, 2.24) is 16.0 Å². The summed E-state index contributed by atoms with van der Waals surface area (Å²) in [7, 11) is -2.70. The van der Waals surface area contributed by atoms with Crippen LogP contribution in [0, 0.1) is 0 Å². The van der Waals surface area contributed by atoms with Crippen LogP contribution in [0.1, 0.15) is 131 Å². The Morgan fingerprint density at radius 3 is 1.28 bits per heavy atom. The first-order valence-corrected chi connectivity index (χ1v) is 35.9. The van der Waals surface area contributed by atoms with Crippen molar-refractivity contribution in [2.75, 3.05) is 136 Å². The van der Waals surface area contributed by atoms with Gasteiger partial charge in [-0.1, -0.05) is 13.8 Å². The summed E-state index contributed by atoms with van der Waals surface area (Å²) >= 11 is 0. The van der Waals surface area contributed by atoms with Crippen molar-refractivity contribution in [3.8, 4) is 0 Å². The minimum Gasteiger partial charge on any atom is -1.00 e. The summed E-state index contributed by atoms with van der Waals surface area (Å²) in [5.74, 6) is -2.11. The van der Waals surface area contributed by atoms with E-state index in [2.05, 4.69) is 58.2 Å². The maximum absolute atomic E-state index is 12.5. The van der Waals surface area contributed by atoms with E-state index in [1.807, 2.05) is 21.1 Å². The second-order valence-corrected chi connectivity index (χ2v) is 34.4. The molecule has 6 unspecified atom stereocenters.